The number of hydrogen-bond acceptors (Lipinski definition) is 7. The van der Waals surface area contributed by atoms with Crippen LogP contribution in [0.5, 0.6) is 0 Å². The minimum absolute atomic E-state index is 0.0421. The van der Waals surface area contributed by atoms with Gasteiger partial charge in [-0.05, 0) is 37.5 Å². The van der Waals surface area contributed by atoms with Gasteiger partial charge in [0.05, 0.1) is 35.3 Å². The van der Waals surface area contributed by atoms with Crippen molar-refractivity contribution in [1.29, 1.82) is 0 Å². The fourth-order valence-electron chi connectivity index (χ4n) is 4.25. The Bertz CT molecular complexity index is 1540. The number of aromatic nitrogens is 1. The number of nitrogens with two attached hydrogens (primary N) is 1. The van der Waals surface area contributed by atoms with Crippen LogP contribution in [0.25, 0.3) is 17.5 Å². The van der Waals surface area contributed by atoms with Crippen molar-refractivity contribution < 1.29 is 19.1 Å². The third-order valence-electron chi connectivity index (χ3n) is 6.29. The number of rotatable bonds is 7. The number of unbranched alkanes of at least 4 members (excludes halogenated alkanes) is 1. The monoisotopic (exact) mass is 518 g/mol. The van der Waals surface area contributed by atoms with Gasteiger partial charge in [-0.25, -0.2) is 9.59 Å². The standard InChI is InChI=1S/C29H30N2O5S/c1-5-6-15-36-29(34)23-22(20-13-9-18(3)10-14-20)24(28(33)35-4)27-31(25(23)30)26(32)21(37-27)16-19-11-7-17(2)8-12-19/h7-14,16,22H,5-6,15,30H2,1-4H3/b21-16-/t22-/m0/s1. The summed E-state index contributed by atoms with van der Waals surface area (Å²) in [4.78, 5) is 40.2. The summed E-state index contributed by atoms with van der Waals surface area (Å²) in [5, 5.41) is 0. The van der Waals surface area contributed by atoms with Crippen molar-refractivity contribution in [1.82, 2.24) is 4.57 Å². The molecule has 2 aromatic carbocycles. The van der Waals surface area contributed by atoms with Gasteiger partial charge >= 0.3 is 11.9 Å². The third kappa shape index (κ3) is 5.15. The second-order valence-electron chi connectivity index (χ2n) is 9.00. The van der Waals surface area contributed by atoms with Crippen molar-refractivity contribution in [3.8, 4) is 0 Å². The molecule has 7 nitrogen and oxygen atoms in total. The van der Waals surface area contributed by atoms with Crippen LogP contribution in [0, 0.1) is 13.8 Å². The van der Waals surface area contributed by atoms with Gasteiger partial charge in [-0.15, -0.1) is 11.3 Å². The number of ether oxygens (including phenoxy) is 2. The highest BCUT2D eigenvalue weighted by Crippen LogP contribution is 2.37. The molecule has 0 fully saturated rings. The van der Waals surface area contributed by atoms with Gasteiger partial charge in [0.25, 0.3) is 5.56 Å². The summed E-state index contributed by atoms with van der Waals surface area (Å²) in [7, 11) is 1.28. The van der Waals surface area contributed by atoms with E-state index in [1.807, 2.05) is 69.3 Å². The quantitative estimate of drug-likeness (QED) is 0.381. The van der Waals surface area contributed by atoms with E-state index in [1.54, 1.807) is 6.08 Å². The molecule has 0 spiro atoms. The maximum Gasteiger partial charge on any atom is 0.338 e. The summed E-state index contributed by atoms with van der Waals surface area (Å²) in [5.74, 6) is -2.20. The van der Waals surface area contributed by atoms with Crippen LogP contribution in [0.2, 0.25) is 0 Å². The summed E-state index contributed by atoms with van der Waals surface area (Å²) in [6.07, 6.45) is 3.27. The number of carbonyl (C=O) groups excluding carboxylic acids is 2. The van der Waals surface area contributed by atoms with E-state index in [9.17, 15) is 14.4 Å². The van der Waals surface area contributed by atoms with E-state index < -0.39 is 23.4 Å². The molecule has 0 bridgehead atoms. The third-order valence-corrected chi connectivity index (χ3v) is 7.40. The lowest BCUT2D eigenvalue weighted by Crippen LogP contribution is -2.41. The Balaban J connectivity index is 2.04. The number of nitrogens with zero attached hydrogens (tertiary/aromatic N) is 1. The van der Waals surface area contributed by atoms with E-state index in [-0.39, 0.29) is 23.6 Å². The number of esters is 2. The van der Waals surface area contributed by atoms with Crippen molar-refractivity contribution in [2.75, 3.05) is 13.7 Å². The maximum absolute atomic E-state index is 13.6. The van der Waals surface area contributed by atoms with Crippen LogP contribution in [-0.4, -0.2) is 30.2 Å². The normalized spacial score (nSPS) is 15.5. The lowest BCUT2D eigenvalue weighted by molar-refractivity contribution is -0.139. The molecule has 4 rings (SSSR count). The maximum atomic E-state index is 13.6. The topological polar surface area (TPSA) is 101 Å². The first-order valence-corrected chi connectivity index (χ1v) is 12.9. The molecule has 0 unspecified atom stereocenters. The van der Waals surface area contributed by atoms with Crippen molar-refractivity contribution >= 4 is 40.7 Å². The molecular formula is C29H30N2O5S. The van der Waals surface area contributed by atoms with E-state index in [2.05, 4.69) is 0 Å². The SMILES string of the molecule is CCCCOC(=O)C1=C(N)n2c(s/c(=C\c3ccc(C)cc3)c2=O)=C(C(=O)OC)[C@H]1c1ccc(C)cc1. The smallest absolute Gasteiger partial charge is 0.338 e. The second kappa shape index (κ2) is 11.0. The van der Waals surface area contributed by atoms with E-state index in [4.69, 9.17) is 15.2 Å². The van der Waals surface area contributed by atoms with E-state index in [0.717, 1.165) is 34.4 Å². The van der Waals surface area contributed by atoms with Crippen molar-refractivity contribution in [3.63, 3.8) is 0 Å². The Morgan fingerprint density at radius 3 is 2.22 bits per heavy atom. The Morgan fingerprint density at radius 2 is 1.62 bits per heavy atom. The molecule has 0 saturated carbocycles. The summed E-state index contributed by atoms with van der Waals surface area (Å²) in [6.45, 7) is 6.13. The molecule has 192 valence electrons. The average Bonchev–Trinajstić information content (AvgIpc) is 3.21. The average molecular weight is 519 g/mol. The number of carbonyl (C=O) groups is 2. The van der Waals surface area contributed by atoms with Crippen LogP contribution >= 0.6 is 11.3 Å². The molecule has 2 N–H and O–H groups in total. The number of benzene rings is 2. The highest BCUT2D eigenvalue weighted by Gasteiger charge is 2.39. The molecular weight excluding hydrogens is 488 g/mol. The Hall–Kier alpha value is -3.91. The molecule has 0 aliphatic carbocycles. The van der Waals surface area contributed by atoms with Crippen LogP contribution < -0.4 is 20.5 Å². The largest absolute Gasteiger partial charge is 0.466 e. The van der Waals surface area contributed by atoms with Gasteiger partial charge in [0.15, 0.2) is 0 Å². The molecule has 0 amide bonds. The first-order chi connectivity index (χ1) is 17.8. The van der Waals surface area contributed by atoms with E-state index in [1.165, 1.54) is 11.7 Å². The summed E-state index contributed by atoms with van der Waals surface area (Å²) in [6, 6.07) is 15.2. The molecule has 0 radical (unpaired) electrons. The molecule has 1 aromatic heterocycles. The van der Waals surface area contributed by atoms with Gasteiger partial charge in [-0.2, -0.15) is 0 Å². The number of methoxy groups -OCH3 is 1. The fraction of sp³-hybridized carbons (Fsp3) is 0.276. The predicted molar refractivity (Wildman–Crippen MR) is 145 cm³/mol. The molecule has 0 saturated heterocycles. The van der Waals surface area contributed by atoms with Gasteiger partial charge in [0.1, 0.15) is 10.5 Å². The number of thiazole rings is 1. The molecule has 37 heavy (non-hydrogen) atoms. The van der Waals surface area contributed by atoms with Gasteiger partial charge < -0.3 is 15.2 Å². The van der Waals surface area contributed by atoms with Gasteiger partial charge in [-0.3, -0.25) is 9.36 Å². The van der Waals surface area contributed by atoms with Gasteiger partial charge in [0.2, 0.25) is 0 Å². The lowest BCUT2D eigenvalue weighted by Gasteiger charge is -2.27. The number of hydrogen-bond donors (Lipinski definition) is 1. The molecule has 1 atom stereocenters. The zero-order chi connectivity index (χ0) is 26.7. The van der Waals surface area contributed by atoms with Crippen LogP contribution in [0.15, 0.2) is 58.9 Å². The number of aryl methyl sites for hydroxylation is 2. The van der Waals surface area contributed by atoms with Crippen LogP contribution in [0.4, 0.5) is 0 Å². The molecule has 2 heterocycles. The van der Waals surface area contributed by atoms with Crippen molar-refractivity contribution in [2.45, 2.75) is 39.5 Å². The van der Waals surface area contributed by atoms with Crippen LogP contribution in [-0.2, 0) is 19.1 Å². The fourth-order valence-corrected chi connectivity index (χ4v) is 5.41. The Kier molecular flexibility index (Phi) is 7.78. The second-order valence-corrected chi connectivity index (χ2v) is 10.0. The van der Waals surface area contributed by atoms with Crippen LogP contribution in [0.3, 0.4) is 0 Å². The van der Waals surface area contributed by atoms with Gasteiger partial charge in [-0.1, -0.05) is 73.0 Å². The van der Waals surface area contributed by atoms with Crippen molar-refractivity contribution in [2.24, 2.45) is 5.73 Å². The highest BCUT2D eigenvalue weighted by atomic mass is 32.1. The Labute approximate surface area is 219 Å². The van der Waals surface area contributed by atoms with Gasteiger partial charge in [0, 0.05) is 0 Å². The van der Waals surface area contributed by atoms with E-state index >= 15 is 0 Å². The summed E-state index contributed by atoms with van der Waals surface area (Å²) < 4.78 is 12.6. The summed E-state index contributed by atoms with van der Waals surface area (Å²) >= 11 is 1.14. The minimum Gasteiger partial charge on any atom is -0.466 e. The van der Waals surface area contributed by atoms with Crippen LogP contribution in [0.1, 0.15) is 47.9 Å². The molecule has 1 aliphatic heterocycles. The minimum atomic E-state index is -0.854. The number of fused-ring (bicyclic) bond motifs is 1. The van der Waals surface area contributed by atoms with E-state index in [0.29, 0.717) is 21.2 Å². The Morgan fingerprint density at radius 1 is 1.00 bits per heavy atom. The predicted octanol–water partition coefficient (Wildman–Crippen LogP) is 2.95. The lowest BCUT2D eigenvalue weighted by atomic mass is 9.83. The van der Waals surface area contributed by atoms with Crippen molar-refractivity contribution in [3.05, 3.63) is 95.9 Å². The zero-order valence-electron chi connectivity index (χ0n) is 21.4. The first kappa shape index (κ1) is 26.2. The molecule has 3 aromatic rings. The first-order valence-electron chi connectivity index (χ1n) is 12.1. The highest BCUT2D eigenvalue weighted by molar-refractivity contribution is 7.07. The molecule has 8 heteroatoms. The summed E-state index contributed by atoms with van der Waals surface area (Å²) in [5.41, 5.74) is 9.99. The molecule has 1 aliphatic rings. The zero-order valence-corrected chi connectivity index (χ0v) is 22.2.